The van der Waals surface area contributed by atoms with Gasteiger partial charge in [0, 0.05) is 36.4 Å². The summed E-state index contributed by atoms with van der Waals surface area (Å²) in [6.45, 7) is 4.73. The minimum absolute atomic E-state index is 0.103. The fourth-order valence-electron chi connectivity index (χ4n) is 2.28. The normalized spacial score (nSPS) is 15.5. The molecule has 7 heteroatoms. The number of rotatable bonds is 10. The Bertz CT molecular complexity index is 561. The standard InChI is InChI=1S/C18H28N4O2S/c1-3-19-17(21-13-16(23)20-11-12-24-2)22-14-18(9-10-18)25-15-7-5-4-6-8-15/h4-8H,3,9-14H2,1-2H3,(H,20,23)(H2,19,21,22). The molecule has 0 saturated heterocycles. The van der Waals surface area contributed by atoms with Crippen LogP contribution in [-0.4, -0.2) is 56.5 Å². The van der Waals surface area contributed by atoms with Gasteiger partial charge in [-0.25, -0.2) is 4.99 Å². The molecule has 1 aliphatic carbocycles. The van der Waals surface area contributed by atoms with Gasteiger partial charge in [0.05, 0.1) is 6.61 Å². The average molecular weight is 365 g/mol. The van der Waals surface area contributed by atoms with Crippen molar-refractivity contribution in [2.45, 2.75) is 29.4 Å². The quantitative estimate of drug-likeness (QED) is 0.334. The molecule has 0 unspecified atom stereocenters. The predicted molar refractivity (Wildman–Crippen MR) is 103 cm³/mol. The second-order valence-electron chi connectivity index (χ2n) is 5.99. The minimum atomic E-state index is -0.103. The number of carbonyl (C=O) groups is 1. The van der Waals surface area contributed by atoms with Gasteiger partial charge in [0.1, 0.15) is 6.54 Å². The third-order valence-corrected chi connectivity index (χ3v) is 5.31. The first-order valence-corrected chi connectivity index (χ1v) is 9.51. The third-order valence-electron chi connectivity index (χ3n) is 3.82. The van der Waals surface area contributed by atoms with Crippen molar-refractivity contribution < 1.29 is 9.53 Å². The van der Waals surface area contributed by atoms with E-state index >= 15 is 0 Å². The number of aliphatic imine (C=N–C) groups is 1. The van der Waals surface area contributed by atoms with Crippen molar-refractivity contribution in [3.63, 3.8) is 0 Å². The minimum Gasteiger partial charge on any atom is -0.383 e. The van der Waals surface area contributed by atoms with E-state index in [1.807, 2.05) is 24.8 Å². The highest BCUT2D eigenvalue weighted by atomic mass is 32.2. The molecule has 2 rings (SSSR count). The summed E-state index contributed by atoms with van der Waals surface area (Å²) in [7, 11) is 1.61. The van der Waals surface area contributed by atoms with Crippen LogP contribution in [0.2, 0.25) is 0 Å². The Labute approximate surface area is 154 Å². The van der Waals surface area contributed by atoms with Crippen LogP contribution in [0.15, 0.2) is 40.2 Å². The summed E-state index contributed by atoms with van der Waals surface area (Å²) in [5.41, 5.74) is 0. The van der Waals surface area contributed by atoms with Gasteiger partial charge in [-0.1, -0.05) is 18.2 Å². The van der Waals surface area contributed by atoms with E-state index in [2.05, 4.69) is 45.2 Å². The van der Waals surface area contributed by atoms with Crippen LogP contribution < -0.4 is 16.0 Å². The highest BCUT2D eigenvalue weighted by molar-refractivity contribution is 8.01. The zero-order valence-corrected chi connectivity index (χ0v) is 15.8. The van der Waals surface area contributed by atoms with E-state index in [1.165, 1.54) is 17.7 Å². The van der Waals surface area contributed by atoms with Crippen LogP contribution in [0, 0.1) is 0 Å². The first-order valence-electron chi connectivity index (χ1n) is 8.69. The third kappa shape index (κ3) is 7.36. The van der Waals surface area contributed by atoms with Crippen molar-refractivity contribution in [2.24, 2.45) is 4.99 Å². The van der Waals surface area contributed by atoms with Crippen LogP contribution in [0.1, 0.15) is 19.8 Å². The highest BCUT2D eigenvalue weighted by Crippen LogP contribution is 2.51. The Morgan fingerprint density at radius 2 is 2.00 bits per heavy atom. The molecule has 1 amide bonds. The maximum atomic E-state index is 11.7. The van der Waals surface area contributed by atoms with E-state index in [0.717, 1.165) is 13.1 Å². The Hall–Kier alpha value is -1.73. The van der Waals surface area contributed by atoms with Crippen LogP contribution >= 0.6 is 11.8 Å². The van der Waals surface area contributed by atoms with Gasteiger partial charge in [0.15, 0.2) is 5.96 Å². The lowest BCUT2D eigenvalue weighted by Crippen LogP contribution is -2.42. The number of thioether (sulfide) groups is 1. The molecule has 0 aromatic heterocycles. The van der Waals surface area contributed by atoms with E-state index in [1.54, 1.807) is 7.11 Å². The molecule has 0 heterocycles. The molecular weight excluding hydrogens is 336 g/mol. The Morgan fingerprint density at radius 3 is 2.64 bits per heavy atom. The smallest absolute Gasteiger partial charge is 0.241 e. The first kappa shape index (κ1) is 19.6. The van der Waals surface area contributed by atoms with Crippen LogP contribution in [-0.2, 0) is 9.53 Å². The molecule has 1 aromatic rings. The number of ether oxygens (including phenoxy) is 1. The molecule has 0 radical (unpaired) electrons. The molecule has 138 valence electrons. The lowest BCUT2D eigenvalue weighted by Gasteiger charge is -2.18. The first-order chi connectivity index (χ1) is 12.2. The van der Waals surface area contributed by atoms with Gasteiger partial charge >= 0.3 is 0 Å². The van der Waals surface area contributed by atoms with Crippen molar-refractivity contribution >= 4 is 23.6 Å². The van der Waals surface area contributed by atoms with Crippen molar-refractivity contribution in [1.82, 2.24) is 16.0 Å². The van der Waals surface area contributed by atoms with Gasteiger partial charge in [0.25, 0.3) is 0 Å². The molecule has 0 bridgehead atoms. The van der Waals surface area contributed by atoms with E-state index in [-0.39, 0.29) is 17.2 Å². The largest absolute Gasteiger partial charge is 0.383 e. The summed E-state index contributed by atoms with van der Waals surface area (Å²) < 4.78 is 5.15. The number of methoxy groups -OCH3 is 1. The van der Waals surface area contributed by atoms with Gasteiger partial charge in [-0.15, -0.1) is 11.8 Å². The van der Waals surface area contributed by atoms with Crippen molar-refractivity contribution in [3.05, 3.63) is 30.3 Å². The molecule has 1 fully saturated rings. The number of benzene rings is 1. The Kier molecular flexibility index (Phi) is 8.08. The summed E-state index contributed by atoms with van der Waals surface area (Å²) in [5, 5.41) is 9.34. The summed E-state index contributed by atoms with van der Waals surface area (Å²) in [6.07, 6.45) is 2.38. The van der Waals surface area contributed by atoms with Gasteiger partial charge in [0.2, 0.25) is 5.91 Å². The number of nitrogens with zero attached hydrogens (tertiary/aromatic N) is 1. The highest BCUT2D eigenvalue weighted by Gasteiger charge is 2.43. The van der Waals surface area contributed by atoms with Gasteiger partial charge in [-0.3, -0.25) is 4.79 Å². The number of carbonyl (C=O) groups excluding carboxylic acids is 1. The Morgan fingerprint density at radius 1 is 1.24 bits per heavy atom. The van der Waals surface area contributed by atoms with Crippen LogP contribution in [0.25, 0.3) is 0 Å². The lowest BCUT2D eigenvalue weighted by molar-refractivity contribution is -0.119. The van der Waals surface area contributed by atoms with Crippen LogP contribution in [0.4, 0.5) is 0 Å². The summed E-state index contributed by atoms with van der Waals surface area (Å²) in [5.74, 6) is 0.582. The summed E-state index contributed by atoms with van der Waals surface area (Å²) in [4.78, 5) is 17.4. The monoisotopic (exact) mass is 364 g/mol. The molecule has 0 spiro atoms. The SMILES string of the molecule is CCNC(=NCC(=O)NCCOC)NCC1(Sc2ccccc2)CC1. The van der Waals surface area contributed by atoms with Gasteiger partial charge in [-0.2, -0.15) is 0 Å². The van der Waals surface area contributed by atoms with E-state index in [9.17, 15) is 4.79 Å². The number of guanidine groups is 1. The van der Waals surface area contributed by atoms with Crippen molar-refractivity contribution in [2.75, 3.05) is 39.9 Å². The molecule has 1 aliphatic rings. The number of amides is 1. The van der Waals surface area contributed by atoms with E-state index in [4.69, 9.17) is 4.74 Å². The number of hydrogen-bond donors (Lipinski definition) is 3. The molecule has 1 saturated carbocycles. The molecule has 1 aromatic carbocycles. The van der Waals surface area contributed by atoms with Gasteiger partial charge < -0.3 is 20.7 Å². The maximum Gasteiger partial charge on any atom is 0.241 e. The molecule has 3 N–H and O–H groups in total. The number of nitrogens with one attached hydrogen (secondary N) is 3. The van der Waals surface area contributed by atoms with Gasteiger partial charge in [-0.05, 0) is 31.9 Å². The zero-order chi connectivity index (χ0) is 18.0. The molecule has 25 heavy (non-hydrogen) atoms. The molecule has 0 aliphatic heterocycles. The van der Waals surface area contributed by atoms with Crippen LogP contribution in [0.5, 0.6) is 0 Å². The molecule has 0 atom stereocenters. The summed E-state index contributed by atoms with van der Waals surface area (Å²) in [6, 6.07) is 10.5. The fourth-order valence-corrected chi connectivity index (χ4v) is 3.52. The fraction of sp³-hybridized carbons (Fsp3) is 0.556. The topological polar surface area (TPSA) is 74.8 Å². The maximum absolute atomic E-state index is 11.7. The predicted octanol–water partition coefficient (Wildman–Crippen LogP) is 1.63. The second-order valence-corrected chi connectivity index (χ2v) is 7.53. The molecule has 6 nitrogen and oxygen atoms in total. The van der Waals surface area contributed by atoms with Crippen molar-refractivity contribution in [3.8, 4) is 0 Å². The van der Waals surface area contributed by atoms with Crippen molar-refractivity contribution in [1.29, 1.82) is 0 Å². The second kappa shape index (κ2) is 10.3. The molecular formula is C18H28N4O2S. The number of hydrogen-bond acceptors (Lipinski definition) is 4. The van der Waals surface area contributed by atoms with Crippen LogP contribution in [0.3, 0.4) is 0 Å². The lowest BCUT2D eigenvalue weighted by atomic mass is 10.4. The Balaban J connectivity index is 1.80. The zero-order valence-electron chi connectivity index (χ0n) is 15.0. The summed E-state index contributed by atoms with van der Waals surface area (Å²) >= 11 is 1.92. The average Bonchev–Trinajstić information content (AvgIpc) is 3.38. The van der Waals surface area contributed by atoms with E-state index in [0.29, 0.717) is 19.1 Å². The van der Waals surface area contributed by atoms with E-state index < -0.39 is 0 Å².